The first kappa shape index (κ1) is 18.1. The maximum atomic E-state index is 4.76. The summed E-state index contributed by atoms with van der Waals surface area (Å²) in [6.45, 7) is 0. The van der Waals surface area contributed by atoms with E-state index in [2.05, 4.69) is 119 Å². The Kier molecular flexibility index (Phi) is 4.62. The molecule has 0 aliphatic rings. The SMILES string of the molecule is Brc1cc(Br)nc(-c2c(Br)ccc3c4ccccc4n(-c4ccccc4)c23)c1. The summed E-state index contributed by atoms with van der Waals surface area (Å²) in [4.78, 5) is 4.76. The topological polar surface area (TPSA) is 17.8 Å². The molecule has 0 saturated carbocycles. The van der Waals surface area contributed by atoms with Crippen molar-refractivity contribution >= 4 is 69.6 Å². The fourth-order valence-corrected chi connectivity index (χ4v) is 5.42. The van der Waals surface area contributed by atoms with Gasteiger partial charge in [0.05, 0.1) is 16.7 Å². The molecule has 0 aliphatic carbocycles. The molecule has 28 heavy (non-hydrogen) atoms. The van der Waals surface area contributed by atoms with Crippen molar-refractivity contribution in [3.63, 3.8) is 0 Å². The predicted molar refractivity (Wildman–Crippen MR) is 127 cm³/mol. The second kappa shape index (κ2) is 7.14. The van der Waals surface area contributed by atoms with E-state index in [1.165, 1.54) is 16.3 Å². The van der Waals surface area contributed by atoms with Crippen LogP contribution in [0.4, 0.5) is 0 Å². The lowest BCUT2D eigenvalue weighted by Crippen LogP contribution is -1.97. The number of aromatic nitrogens is 2. The van der Waals surface area contributed by atoms with E-state index in [4.69, 9.17) is 4.98 Å². The first-order chi connectivity index (χ1) is 13.6. The second-order valence-electron chi connectivity index (χ2n) is 6.50. The van der Waals surface area contributed by atoms with Crippen molar-refractivity contribution in [2.75, 3.05) is 0 Å². The minimum absolute atomic E-state index is 0.795. The third-order valence-electron chi connectivity index (χ3n) is 4.82. The quantitative estimate of drug-likeness (QED) is 0.201. The number of benzene rings is 3. The number of halogens is 3. The monoisotopic (exact) mass is 554 g/mol. The van der Waals surface area contributed by atoms with Crippen LogP contribution in [-0.2, 0) is 0 Å². The first-order valence-corrected chi connectivity index (χ1v) is 11.1. The fourth-order valence-electron chi connectivity index (χ4n) is 3.72. The van der Waals surface area contributed by atoms with Gasteiger partial charge in [-0.3, -0.25) is 0 Å². The molecule has 0 atom stereocenters. The van der Waals surface area contributed by atoms with Crippen molar-refractivity contribution in [3.8, 4) is 16.9 Å². The van der Waals surface area contributed by atoms with E-state index in [9.17, 15) is 0 Å². The summed E-state index contributed by atoms with van der Waals surface area (Å²) in [5.74, 6) is 0. The highest BCUT2D eigenvalue weighted by molar-refractivity contribution is 9.11. The number of nitrogens with zero attached hydrogens (tertiary/aromatic N) is 2. The van der Waals surface area contributed by atoms with Crippen LogP contribution in [0.2, 0.25) is 0 Å². The molecule has 2 heterocycles. The summed E-state index contributed by atoms with van der Waals surface area (Å²) in [6.07, 6.45) is 0. The van der Waals surface area contributed by atoms with Crippen molar-refractivity contribution in [1.82, 2.24) is 9.55 Å². The predicted octanol–water partition coefficient (Wildman–Crippen LogP) is 8.13. The summed E-state index contributed by atoms with van der Waals surface area (Å²) in [5, 5.41) is 2.43. The molecule has 0 N–H and O–H groups in total. The number of hydrogen-bond donors (Lipinski definition) is 0. The Morgan fingerprint density at radius 1 is 0.714 bits per heavy atom. The fraction of sp³-hybridized carbons (Fsp3) is 0. The Morgan fingerprint density at radius 3 is 2.25 bits per heavy atom. The maximum absolute atomic E-state index is 4.76. The minimum atomic E-state index is 0.795. The largest absolute Gasteiger partial charge is 0.309 e. The normalized spacial score (nSPS) is 11.4. The second-order valence-corrected chi connectivity index (χ2v) is 9.08. The molecule has 136 valence electrons. The van der Waals surface area contributed by atoms with E-state index in [0.717, 1.165) is 36.0 Å². The Labute approximate surface area is 187 Å². The van der Waals surface area contributed by atoms with Crippen LogP contribution in [0.3, 0.4) is 0 Å². The van der Waals surface area contributed by atoms with Crippen LogP contribution in [0.1, 0.15) is 0 Å². The minimum Gasteiger partial charge on any atom is -0.309 e. The molecule has 5 aromatic rings. The van der Waals surface area contributed by atoms with Gasteiger partial charge in [-0.1, -0.05) is 74.3 Å². The van der Waals surface area contributed by atoms with Gasteiger partial charge < -0.3 is 4.57 Å². The molecular formula is C23H13Br3N2. The number of hydrogen-bond acceptors (Lipinski definition) is 1. The molecule has 2 nitrogen and oxygen atoms in total. The summed E-state index contributed by atoms with van der Waals surface area (Å²) < 4.78 is 5.11. The zero-order valence-electron chi connectivity index (χ0n) is 14.5. The number of pyridine rings is 1. The van der Waals surface area contributed by atoms with Crippen LogP contribution in [0.15, 0.2) is 92.4 Å². The summed E-state index contributed by atoms with van der Waals surface area (Å²) in [6, 6.07) is 27.3. The van der Waals surface area contributed by atoms with Gasteiger partial charge in [-0.25, -0.2) is 4.98 Å². The highest BCUT2D eigenvalue weighted by atomic mass is 79.9. The zero-order valence-corrected chi connectivity index (χ0v) is 19.3. The molecule has 5 heteroatoms. The first-order valence-electron chi connectivity index (χ1n) is 8.74. The lowest BCUT2D eigenvalue weighted by atomic mass is 10.1. The number of rotatable bonds is 2. The maximum Gasteiger partial charge on any atom is 0.107 e. The summed E-state index contributed by atoms with van der Waals surface area (Å²) in [7, 11) is 0. The van der Waals surface area contributed by atoms with E-state index in [-0.39, 0.29) is 0 Å². The van der Waals surface area contributed by atoms with Crippen LogP contribution < -0.4 is 0 Å². The molecule has 0 amide bonds. The third-order valence-corrected chi connectivity index (χ3v) is 6.34. The Balaban J connectivity index is 2.01. The van der Waals surface area contributed by atoms with Gasteiger partial charge in [0, 0.05) is 31.0 Å². The van der Waals surface area contributed by atoms with Gasteiger partial charge in [0.15, 0.2) is 0 Å². The Hall–Kier alpha value is -1.95. The molecule has 0 radical (unpaired) electrons. The van der Waals surface area contributed by atoms with Crippen molar-refractivity contribution < 1.29 is 0 Å². The van der Waals surface area contributed by atoms with E-state index >= 15 is 0 Å². The molecule has 0 bridgehead atoms. The standard InChI is InChI=1S/C23H13Br3N2/c24-14-12-19(27-21(26)13-14)22-18(25)11-10-17-16-8-4-5-9-20(16)28(23(17)22)15-6-2-1-3-7-15/h1-13H. The average Bonchev–Trinajstić information content (AvgIpc) is 3.02. The molecule has 0 aliphatic heterocycles. The van der Waals surface area contributed by atoms with Crippen molar-refractivity contribution in [1.29, 1.82) is 0 Å². The van der Waals surface area contributed by atoms with Crippen LogP contribution in [0.25, 0.3) is 38.8 Å². The average molecular weight is 557 g/mol. The van der Waals surface area contributed by atoms with Crippen molar-refractivity contribution in [3.05, 3.63) is 92.4 Å². The van der Waals surface area contributed by atoms with E-state index < -0.39 is 0 Å². The lowest BCUT2D eigenvalue weighted by Gasteiger charge is -2.13. The molecule has 0 fully saturated rings. The van der Waals surface area contributed by atoms with Crippen LogP contribution in [-0.4, -0.2) is 9.55 Å². The molecule has 0 spiro atoms. The van der Waals surface area contributed by atoms with E-state index in [1.54, 1.807) is 0 Å². The zero-order chi connectivity index (χ0) is 19.3. The Morgan fingerprint density at radius 2 is 1.46 bits per heavy atom. The number of para-hydroxylation sites is 2. The molecule has 3 aromatic carbocycles. The van der Waals surface area contributed by atoms with Crippen LogP contribution in [0, 0.1) is 0 Å². The van der Waals surface area contributed by atoms with Gasteiger partial charge >= 0.3 is 0 Å². The Bertz CT molecular complexity index is 1320. The molecular weight excluding hydrogens is 544 g/mol. The highest BCUT2D eigenvalue weighted by Gasteiger charge is 2.19. The van der Waals surface area contributed by atoms with Gasteiger partial charge in [0.2, 0.25) is 0 Å². The molecule has 0 unspecified atom stereocenters. The smallest absolute Gasteiger partial charge is 0.107 e. The summed E-state index contributed by atoms with van der Waals surface area (Å²) >= 11 is 10.9. The van der Waals surface area contributed by atoms with Crippen molar-refractivity contribution in [2.24, 2.45) is 0 Å². The van der Waals surface area contributed by atoms with Gasteiger partial charge in [0.1, 0.15) is 4.60 Å². The van der Waals surface area contributed by atoms with Gasteiger partial charge in [0.25, 0.3) is 0 Å². The van der Waals surface area contributed by atoms with Gasteiger partial charge in [-0.05, 0) is 52.3 Å². The highest BCUT2D eigenvalue weighted by Crippen LogP contribution is 2.41. The molecule has 2 aromatic heterocycles. The third kappa shape index (κ3) is 2.93. The van der Waals surface area contributed by atoms with Crippen LogP contribution in [0.5, 0.6) is 0 Å². The van der Waals surface area contributed by atoms with Crippen molar-refractivity contribution in [2.45, 2.75) is 0 Å². The van der Waals surface area contributed by atoms with E-state index in [0.29, 0.717) is 0 Å². The van der Waals surface area contributed by atoms with Gasteiger partial charge in [-0.15, -0.1) is 0 Å². The molecule has 0 saturated heterocycles. The van der Waals surface area contributed by atoms with Gasteiger partial charge in [-0.2, -0.15) is 0 Å². The molecule has 5 rings (SSSR count). The number of fused-ring (bicyclic) bond motifs is 3. The van der Waals surface area contributed by atoms with Crippen LogP contribution >= 0.6 is 47.8 Å². The summed E-state index contributed by atoms with van der Waals surface area (Å²) in [5.41, 5.74) is 5.41. The lowest BCUT2D eigenvalue weighted by molar-refractivity contribution is 1.17. The van der Waals surface area contributed by atoms with E-state index in [1.807, 2.05) is 12.1 Å².